The first kappa shape index (κ1) is 14.2. The Kier molecular flexibility index (Phi) is 3.76. The number of fused-ring (bicyclic) bond motifs is 1. The topological polar surface area (TPSA) is 59.0 Å². The van der Waals surface area contributed by atoms with Crippen molar-refractivity contribution in [3.63, 3.8) is 0 Å². The summed E-state index contributed by atoms with van der Waals surface area (Å²) in [5.41, 5.74) is 2.31. The van der Waals surface area contributed by atoms with Crippen LogP contribution in [0.5, 0.6) is 11.5 Å². The number of carboxylic acid groups (broad SMARTS) is 1. The highest BCUT2D eigenvalue weighted by molar-refractivity contribution is 5.67. The first-order valence-corrected chi connectivity index (χ1v) is 7.35. The molecular formula is C16H21NO4. The first-order valence-electron chi connectivity index (χ1n) is 7.35. The molecule has 114 valence electrons. The predicted molar refractivity (Wildman–Crippen MR) is 77.8 cm³/mol. The Bertz CT molecular complexity index is 551. The molecule has 2 aliphatic rings. The number of hydrogen-bond acceptors (Lipinski definition) is 4. The number of likely N-dealkylation sites (tertiary alicyclic amines) is 1. The fraction of sp³-hybridized carbons (Fsp3) is 0.562. The second kappa shape index (κ2) is 5.56. The minimum absolute atomic E-state index is 0.226. The Morgan fingerprint density at radius 1 is 1.48 bits per heavy atom. The van der Waals surface area contributed by atoms with Gasteiger partial charge in [-0.25, -0.2) is 0 Å². The lowest BCUT2D eigenvalue weighted by atomic mass is 9.95. The van der Waals surface area contributed by atoms with E-state index < -0.39 is 5.97 Å². The van der Waals surface area contributed by atoms with Gasteiger partial charge in [0.2, 0.25) is 0 Å². The molecule has 0 aromatic heterocycles. The maximum absolute atomic E-state index is 10.7. The van der Waals surface area contributed by atoms with Gasteiger partial charge in [0.05, 0.1) is 13.5 Å². The second-order valence-electron chi connectivity index (χ2n) is 6.06. The number of ether oxygens (including phenoxy) is 2. The van der Waals surface area contributed by atoms with Crippen molar-refractivity contribution < 1.29 is 19.4 Å². The third kappa shape index (κ3) is 2.97. The quantitative estimate of drug-likeness (QED) is 0.898. The number of nitrogens with zero attached hydrogens (tertiary/aromatic N) is 1. The van der Waals surface area contributed by atoms with Gasteiger partial charge in [-0.15, -0.1) is 0 Å². The highest BCUT2D eigenvalue weighted by Gasteiger charge is 2.30. The number of benzene rings is 1. The summed E-state index contributed by atoms with van der Waals surface area (Å²) in [6.07, 6.45) is 1.42. The molecule has 1 unspecified atom stereocenters. The summed E-state index contributed by atoms with van der Waals surface area (Å²) < 4.78 is 11.3. The maximum Gasteiger partial charge on any atom is 0.303 e. The van der Waals surface area contributed by atoms with Crippen molar-refractivity contribution in [2.45, 2.75) is 32.4 Å². The van der Waals surface area contributed by atoms with Gasteiger partial charge in [-0.05, 0) is 25.0 Å². The van der Waals surface area contributed by atoms with Crippen molar-refractivity contribution in [3.05, 3.63) is 23.3 Å². The molecule has 5 nitrogen and oxygen atoms in total. The lowest BCUT2D eigenvalue weighted by Crippen LogP contribution is -2.46. The molecule has 5 heteroatoms. The van der Waals surface area contributed by atoms with Crippen molar-refractivity contribution >= 4 is 5.97 Å². The minimum atomic E-state index is -0.711. The number of aliphatic carboxylic acids is 1. The molecule has 1 atom stereocenters. The van der Waals surface area contributed by atoms with E-state index >= 15 is 0 Å². The van der Waals surface area contributed by atoms with Crippen LogP contribution in [0.1, 0.15) is 24.5 Å². The zero-order valence-electron chi connectivity index (χ0n) is 12.5. The van der Waals surface area contributed by atoms with Crippen LogP contribution in [0.15, 0.2) is 12.1 Å². The first-order chi connectivity index (χ1) is 10.0. The number of carboxylic acids is 1. The smallest absolute Gasteiger partial charge is 0.303 e. The van der Waals surface area contributed by atoms with E-state index in [-0.39, 0.29) is 18.4 Å². The zero-order valence-corrected chi connectivity index (χ0v) is 12.5. The number of hydrogen-bond donors (Lipinski definition) is 1. The molecule has 0 radical (unpaired) electrons. The van der Waals surface area contributed by atoms with Gasteiger partial charge in [0.15, 0.2) is 0 Å². The molecule has 0 bridgehead atoms. The Balaban J connectivity index is 1.66. The van der Waals surface area contributed by atoms with Gasteiger partial charge in [-0.3, -0.25) is 9.69 Å². The summed E-state index contributed by atoms with van der Waals surface area (Å²) >= 11 is 0. The van der Waals surface area contributed by atoms with Gasteiger partial charge >= 0.3 is 5.97 Å². The molecule has 1 saturated heterocycles. The van der Waals surface area contributed by atoms with Crippen LogP contribution in [0.25, 0.3) is 0 Å². The average molecular weight is 291 g/mol. The van der Waals surface area contributed by atoms with E-state index in [1.165, 1.54) is 5.56 Å². The molecule has 21 heavy (non-hydrogen) atoms. The Morgan fingerprint density at radius 2 is 2.24 bits per heavy atom. The molecule has 1 aromatic carbocycles. The van der Waals surface area contributed by atoms with E-state index in [1.54, 1.807) is 7.11 Å². The van der Waals surface area contributed by atoms with E-state index in [1.807, 2.05) is 0 Å². The highest BCUT2D eigenvalue weighted by atomic mass is 16.5. The van der Waals surface area contributed by atoms with Gasteiger partial charge in [-0.2, -0.15) is 0 Å². The fourth-order valence-corrected chi connectivity index (χ4v) is 3.22. The third-order valence-electron chi connectivity index (χ3n) is 4.19. The van der Waals surface area contributed by atoms with Gasteiger partial charge in [-0.1, -0.05) is 0 Å². The number of carbonyl (C=O) groups is 1. The van der Waals surface area contributed by atoms with Crippen molar-refractivity contribution in [3.8, 4) is 11.5 Å². The largest absolute Gasteiger partial charge is 0.496 e. The molecular weight excluding hydrogens is 270 g/mol. The third-order valence-corrected chi connectivity index (χ3v) is 4.19. The van der Waals surface area contributed by atoms with Crippen LogP contribution in [0, 0.1) is 5.92 Å². The molecule has 2 heterocycles. The van der Waals surface area contributed by atoms with Crippen LogP contribution in [0.3, 0.4) is 0 Å². The fourth-order valence-electron chi connectivity index (χ4n) is 3.22. The van der Waals surface area contributed by atoms with Crippen LogP contribution >= 0.6 is 0 Å². The van der Waals surface area contributed by atoms with Gasteiger partial charge in [0.1, 0.15) is 17.6 Å². The average Bonchev–Trinajstić information content (AvgIpc) is 2.73. The molecule has 0 spiro atoms. The van der Waals surface area contributed by atoms with Gasteiger partial charge < -0.3 is 14.6 Å². The minimum Gasteiger partial charge on any atom is -0.496 e. The van der Waals surface area contributed by atoms with Crippen LogP contribution in [-0.2, 0) is 17.8 Å². The lowest BCUT2D eigenvalue weighted by molar-refractivity contribution is -0.139. The standard InChI is InChI=1S/C16H21NO4/c1-10-3-12-5-14(20-2)13(6-15(12)21-10)9-17-7-11(8-17)4-16(18)19/h5-6,10-11H,3-4,7-9H2,1-2H3,(H,18,19). The van der Waals surface area contributed by atoms with Crippen molar-refractivity contribution in [2.75, 3.05) is 20.2 Å². The normalized spacial score (nSPS) is 21.5. The second-order valence-corrected chi connectivity index (χ2v) is 6.06. The van der Waals surface area contributed by atoms with E-state index in [0.717, 1.165) is 43.1 Å². The van der Waals surface area contributed by atoms with E-state index in [4.69, 9.17) is 14.6 Å². The summed E-state index contributed by atoms with van der Waals surface area (Å²) in [5.74, 6) is 1.42. The van der Waals surface area contributed by atoms with Crippen molar-refractivity contribution in [1.82, 2.24) is 4.90 Å². The maximum atomic E-state index is 10.7. The SMILES string of the molecule is COc1cc2c(cc1CN1CC(CC(=O)O)C1)OC(C)C2. The monoisotopic (exact) mass is 291 g/mol. The highest BCUT2D eigenvalue weighted by Crippen LogP contribution is 2.36. The van der Waals surface area contributed by atoms with Crippen LogP contribution < -0.4 is 9.47 Å². The summed E-state index contributed by atoms with van der Waals surface area (Å²) in [4.78, 5) is 12.9. The molecule has 3 rings (SSSR count). The summed E-state index contributed by atoms with van der Waals surface area (Å²) in [6.45, 7) is 4.52. The van der Waals surface area contributed by atoms with Crippen LogP contribution in [0.2, 0.25) is 0 Å². The Labute approximate surface area is 124 Å². The van der Waals surface area contributed by atoms with E-state index in [0.29, 0.717) is 0 Å². The number of rotatable bonds is 5. The van der Waals surface area contributed by atoms with Crippen molar-refractivity contribution in [2.24, 2.45) is 5.92 Å². The molecule has 1 N–H and O–H groups in total. The Hall–Kier alpha value is -1.75. The molecule has 0 aliphatic carbocycles. The number of methoxy groups -OCH3 is 1. The van der Waals surface area contributed by atoms with Crippen molar-refractivity contribution in [1.29, 1.82) is 0 Å². The predicted octanol–water partition coefficient (Wildman–Crippen LogP) is 1.93. The lowest BCUT2D eigenvalue weighted by Gasteiger charge is -2.38. The summed E-state index contributed by atoms with van der Waals surface area (Å²) in [7, 11) is 1.69. The molecule has 1 aromatic rings. The molecule has 0 saturated carbocycles. The summed E-state index contributed by atoms with van der Waals surface area (Å²) in [6, 6.07) is 4.14. The molecule has 2 aliphatic heterocycles. The van der Waals surface area contributed by atoms with Gasteiger partial charge in [0, 0.05) is 37.2 Å². The van der Waals surface area contributed by atoms with Gasteiger partial charge in [0.25, 0.3) is 0 Å². The molecule has 1 fully saturated rings. The van der Waals surface area contributed by atoms with Crippen LogP contribution in [0.4, 0.5) is 0 Å². The van der Waals surface area contributed by atoms with E-state index in [2.05, 4.69) is 24.0 Å². The van der Waals surface area contributed by atoms with E-state index in [9.17, 15) is 4.79 Å². The molecule has 0 amide bonds. The Morgan fingerprint density at radius 3 is 2.90 bits per heavy atom. The zero-order chi connectivity index (χ0) is 15.0. The van der Waals surface area contributed by atoms with Crippen LogP contribution in [-0.4, -0.2) is 42.3 Å². The summed E-state index contributed by atoms with van der Waals surface area (Å²) in [5, 5.41) is 8.78.